The first-order valence-corrected chi connectivity index (χ1v) is 7.17. The van der Waals surface area contributed by atoms with Gasteiger partial charge in [-0.05, 0) is 51.4 Å². The van der Waals surface area contributed by atoms with Crippen LogP contribution >= 0.6 is 0 Å². The summed E-state index contributed by atoms with van der Waals surface area (Å²) in [5.74, 6) is -0.538. The summed E-state index contributed by atoms with van der Waals surface area (Å²) < 4.78 is 9.68. The molecule has 0 bridgehead atoms. The fraction of sp³-hybridized carbons (Fsp3) is 0.500. The highest BCUT2D eigenvalue weighted by atomic mass is 16.7. The van der Waals surface area contributed by atoms with Crippen LogP contribution in [0, 0.1) is 0 Å². The molecule has 122 valence electrons. The van der Waals surface area contributed by atoms with E-state index in [-0.39, 0.29) is 5.75 Å². The highest BCUT2D eigenvalue weighted by Gasteiger charge is 2.25. The highest BCUT2D eigenvalue weighted by Crippen LogP contribution is 2.13. The third kappa shape index (κ3) is 6.58. The molecule has 0 fully saturated rings. The van der Waals surface area contributed by atoms with Gasteiger partial charge in [0.2, 0.25) is 0 Å². The minimum absolute atomic E-state index is 0.153. The lowest BCUT2D eigenvalue weighted by Gasteiger charge is -2.20. The van der Waals surface area contributed by atoms with Crippen molar-refractivity contribution in [3.63, 3.8) is 0 Å². The molecule has 0 aliphatic carbocycles. The van der Waals surface area contributed by atoms with E-state index in [0.717, 1.165) is 5.56 Å². The Morgan fingerprint density at radius 1 is 1.23 bits per heavy atom. The molecule has 6 nitrogen and oxygen atoms in total. The smallest absolute Gasteiger partial charge is 0.508 e. The average Bonchev–Trinajstić information content (AvgIpc) is 2.38. The molecule has 6 heteroatoms. The van der Waals surface area contributed by atoms with E-state index in [0.29, 0.717) is 13.0 Å². The molecule has 0 unspecified atom stereocenters. The van der Waals surface area contributed by atoms with Crippen LogP contribution in [0.2, 0.25) is 0 Å². The maximum atomic E-state index is 12.1. The third-order valence-electron chi connectivity index (χ3n) is 2.68. The normalized spacial score (nSPS) is 12.5. The first kappa shape index (κ1) is 18.0. The van der Waals surface area contributed by atoms with E-state index in [2.05, 4.69) is 5.32 Å². The molecule has 0 radical (unpaired) electrons. The summed E-state index contributed by atoms with van der Waals surface area (Å²) >= 11 is 0. The molecular weight excluding hydrogens is 286 g/mol. The predicted molar refractivity (Wildman–Crippen MR) is 81.6 cm³/mol. The van der Waals surface area contributed by atoms with Gasteiger partial charge in [0.25, 0.3) is 0 Å². The summed E-state index contributed by atoms with van der Waals surface area (Å²) in [7, 11) is 0. The van der Waals surface area contributed by atoms with Crippen molar-refractivity contribution >= 4 is 12.1 Å². The van der Waals surface area contributed by atoms with Gasteiger partial charge in [-0.25, -0.2) is 9.59 Å². The van der Waals surface area contributed by atoms with E-state index >= 15 is 0 Å². The van der Waals surface area contributed by atoms with Gasteiger partial charge in [-0.2, -0.15) is 0 Å². The van der Waals surface area contributed by atoms with E-state index in [1.54, 1.807) is 32.9 Å². The molecule has 1 aromatic carbocycles. The van der Waals surface area contributed by atoms with E-state index in [1.165, 1.54) is 12.1 Å². The van der Waals surface area contributed by atoms with Gasteiger partial charge in [0.1, 0.15) is 17.4 Å². The molecule has 0 aliphatic rings. The monoisotopic (exact) mass is 309 g/mol. The van der Waals surface area contributed by atoms with Crippen LogP contribution in [-0.4, -0.2) is 35.4 Å². The van der Waals surface area contributed by atoms with Crippen molar-refractivity contribution in [2.24, 2.45) is 0 Å². The second kappa shape index (κ2) is 7.79. The first-order chi connectivity index (χ1) is 10.2. The Labute approximate surface area is 130 Å². The zero-order chi connectivity index (χ0) is 16.8. The van der Waals surface area contributed by atoms with Crippen LogP contribution in [-0.2, 0) is 20.7 Å². The van der Waals surface area contributed by atoms with Crippen LogP contribution in [0.1, 0.15) is 33.3 Å². The summed E-state index contributed by atoms with van der Waals surface area (Å²) in [4.78, 5) is 23.6. The van der Waals surface area contributed by atoms with Crippen molar-refractivity contribution in [1.29, 1.82) is 0 Å². The van der Waals surface area contributed by atoms with Gasteiger partial charge < -0.3 is 19.9 Å². The van der Waals surface area contributed by atoms with Gasteiger partial charge in [-0.1, -0.05) is 19.1 Å². The number of esters is 1. The van der Waals surface area contributed by atoms with Crippen LogP contribution in [0.3, 0.4) is 0 Å². The molecule has 0 heterocycles. The molecule has 0 saturated heterocycles. The first-order valence-electron chi connectivity index (χ1n) is 7.17. The molecule has 1 atom stereocenters. The highest BCUT2D eigenvalue weighted by molar-refractivity contribution is 5.85. The van der Waals surface area contributed by atoms with E-state index in [9.17, 15) is 14.7 Å². The van der Waals surface area contributed by atoms with Crippen LogP contribution in [0.25, 0.3) is 0 Å². The third-order valence-corrected chi connectivity index (χ3v) is 2.68. The Kier molecular flexibility index (Phi) is 6.37. The number of carbonyl (C=O) groups excluding carboxylic acids is 2. The summed E-state index contributed by atoms with van der Waals surface area (Å²) in [6.45, 7) is 7.47. The van der Waals surface area contributed by atoms with Gasteiger partial charge >= 0.3 is 12.1 Å². The van der Waals surface area contributed by atoms with Gasteiger partial charge in [-0.15, -0.1) is 0 Å². The van der Waals surface area contributed by atoms with Crippen LogP contribution in [0.15, 0.2) is 24.3 Å². The number of phenolic OH excluding ortho intramolecular Hbond substituents is 1. The van der Waals surface area contributed by atoms with Crippen molar-refractivity contribution in [2.75, 3.05) is 6.54 Å². The second-order valence-corrected chi connectivity index (χ2v) is 5.87. The number of rotatable bonds is 5. The van der Waals surface area contributed by atoms with Crippen LogP contribution in [0.4, 0.5) is 4.79 Å². The number of ether oxygens (including phenoxy) is 2. The molecular formula is C16H23NO5. The summed E-state index contributed by atoms with van der Waals surface area (Å²) in [6.07, 6.45) is -0.665. The Balaban J connectivity index is 2.67. The SMILES string of the molecule is CCN[C@@H](Cc1ccc(O)cc1)C(=O)OC(=O)OC(C)(C)C. The van der Waals surface area contributed by atoms with Crippen LogP contribution < -0.4 is 5.32 Å². The molecule has 0 amide bonds. The van der Waals surface area contributed by atoms with E-state index in [4.69, 9.17) is 9.47 Å². The zero-order valence-corrected chi connectivity index (χ0v) is 13.4. The van der Waals surface area contributed by atoms with Gasteiger partial charge in [-0.3, -0.25) is 0 Å². The van der Waals surface area contributed by atoms with Crippen molar-refractivity contribution in [1.82, 2.24) is 5.32 Å². The fourth-order valence-electron chi connectivity index (χ4n) is 1.78. The number of aromatic hydroxyl groups is 1. The fourth-order valence-corrected chi connectivity index (χ4v) is 1.78. The molecule has 0 spiro atoms. The lowest BCUT2D eigenvalue weighted by molar-refractivity contribution is -0.143. The molecule has 0 aliphatic heterocycles. The molecule has 0 saturated carbocycles. The lowest BCUT2D eigenvalue weighted by Crippen LogP contribution is -2.41. The maximum Gasteiger partial charge on any atom is 0.516 e. The summed E-state index contributed by atoms with van der Waals surface area (Å²) in [5, 5.41) is 12.2. The second-order valence-electron chi connectivity index (χ2n) is 5.87. The van der Waals surface area contributed by atoms with Gasteiger partial charge in [0.15, 0.2) is 0 Å². The standard InChI is InChI=1S/C16H23NO5/c1-5-17-13(10-11-6-8-12(18)9-7-11)14(19)21-15(20)22-16(2,3)4/h6-9,13,17-18H,5,10H2,1-4H3/t13-/m0/s1. The molecule has 1 aromatic rings. The van der Waals surface area contributed by atoms with Crippen molar-refractivity contribution < 1.29 is 24.2 Å². The number of hydrogen-bond donors (Lipinski definition) is 2. The van der Waals surface area contributed by atoms with Crippen molar-refractivity contribution in [3.05, 3.63) is 29.8 Å². The van der Waals surface area contributed by atoms with Crippen molar-refractivity contribution in [2.45, 2.75) is 45.8 Å². The van der Waals surface area contributed by atoms with E-state index in [1.807, 2.05) is 6.92 Å². The van der Waals surface area contributed by atoms with Gasteiger partial charge in [0, 0.05) is 0 Å². The maximum absolute atomic E-state index is 12.1. The topological polar surface area (TPSA) is 84.9 Å². The Morgan fingerprint density at radius 2 is 1.82 bits per heavy atom. The van der Waals surface area contributed by atoms with Gasteiger partial charge in [0.05, 0.1) is 0 Å². The number of carbonyl (C=O) groups is 2. The Morgan fingerprint density at radius 3 is 2.32 bits per heavy atom. The van der Waals surface area contributed by atoms with E-state index < -0.39 is 23.8 Å². The predicted octanol–water partition coefficient (Wildman–Crippen LogP) is 2.39. The molecule has 2 N–H and O–H groups in total. The zero-order valence-electron chi connectivity index (χ0n) is 13.4. The Hall–Kier alpha value is -2.08. The number of benzene rings is 1. The molecule has 1 rings (SSSR count). The number of phenols is 1. The minimum atomic E-state index is -1.01. The minimum Gasteiger partial charge on any atom is -0.508 e. The summed E-state index contributed by atoms with van der Waals surface area (Å²) in [6, 6.07) is 5.83. The average molecular weight is 309 g/mol. The number of likely N-dealkylation sites (N-methyl/N-ethyl adjacent to an activating group) is 1. The molecule has 22 heavy (non-hydrogen) atoms. The molecule has 0 aromatic heterocycles. The lowest BCUT2D eigenvalue weighted by atomic mass is 10.1. The van der Waals surface area contributed by atoms with Crippen LogP contribution in [0.5, 0.6) is 5.75 Å². The summed E-state index contributed by atoms with van der Waals surface area (Å²) in [5.41, 5.74) is 0.118. The largest absolute Gasteiger partial charge is 0.516 e. The number of nitrogens with one attached hydrogen (secondary N) is 1. The Bertz CT molecular complexity index is 504. The van der Waals surface area contributed by atoms with Crippen molar-refractivity contribution in [3.8, 4) is 5.75 Å². The number of hydrogen-bond acceptors (Lipinski definition) is 6. The quantitative estimate of drug-likeness (QED) is 0.642.